The Morgan fingerprint density at radius 1 is 1.37 bits per heavy atom. The fourth-order valence-corrected chi connectivity index (χ4v) is 1.86. The lowest BCUT2D eigenvalue weighted by Gasteiger charge is -2.07. The van der Waals surface area contributed by atoms with Crippen LogP contribution in [-0.2, 0) is 0 Å². The highest BCUT2D eigenvalue weighted by molar-refractivity contribution is 9.10. The molecule has 0 unspecified atom stereocenters. The van der Waals surface area contributed by atoms with Crippen LogP contribution in [0, 0.1) is 5.82 Å². The zero-order valence-electron chi connectivity index (χ0n) is 9.23. The van der Waals surface area contributed by atoms with Crippen molar-refractivity contribution in [2.75, 3.05) is 0 Å². The van der Waals surface area contributed by atoms with Gasteiger partial charge in [-0.3, -0.25) is 0 Å². The van der Waals surface area contributed by atoms with Crippen molar-refractivity contribution < 1.29 is 19.0 Å². The number of nitrogens with zero attached hydrogens (tertiary/aromatic N) is 1. The Hall–Kier alpha value is -1.66. The van der Waals surface area contributed by atoms with Crippen molar-refractivity contribution in [3.05, 3.63) is 51.3 Å². The summed E-state index contributed by atoms with van der Waals surface area (Å²) >= 11 is 8.85. The van der Waals surface area contributed by atoms with Crippen LogP contribution in [-0.4, -0.2) is 16.1 Å². The van der Waals surface area contributed by atoms with Gasteiger partial charge in [0, 0.05) is 10.5 Å². The van der Waals surface area contributed by atoms with Gasteiger partial charge in [0.25, 0.3) is 0 Å². The SMILES string of the molecule is O=C(O)c1cc(Cl)nc(Oc2cc(Br)ccc2F)c1. The van der Waals surface area contributed by atoms with Gasteiger partial charge in [-0.1, -0.05) is 27.5 Å². The van der Waals surface area contributed by atoms with E-state index in [0.29, 0.717) is 4.47 Å². The number of pyridine rings is 1. The molecule has 0 saturated heterocycles. The Kier molecular flexibility index (Phi) is 4.01. The number of aromatic nitrogens is 1. The molecule has 0 saturated carbocycles. The summed E-state index contributed by atoms with van der Waals surface area (Å²) in [6.07, 6.45) is 0. The molecule has 0 bridgehead atoms. The Morgan fingerprint density at radius 3 is 2.79 bits per heavy atom. The second-order valence-electron chi connectivity index (χ2n) is 3.50. The quantitative estimate of drug-likeness (QED) is 0.849. The Bertz CT molecular complexity index is 651. The minimum atomic E-state index is -1.18. The van der Waals surface area contributed by atoms with E-state index in [1.165, 1.54) is 24.3 Å². The highest BCUT2D eigenvalue weighted by Crippen LogP contribution is 2.28. The van der Waals surface area contributed by atoms with Gasteiger partial charge in [-0.2, -0.15) is 0 Å². The van der Waals surface area contributed by atoms with E-state index in [-0.39, 0.29) is 22.3 Å². The normalized spacial score (nSPS) is 10.3. The molecule has 0 aliphatic carbocycles. The molecular weight excluding hydrogens is 340 g/mol. The van der Waals surface area contributed by atoms with Gasteiger partial charge in [-0.05, 0) is 24.3 Å². The zero-order valence-corrected chi connectivity index (χ0v) is 11.6. The van der Waals surface area contributed by atoms with Gasteiger partial charge >= 0.3 is 5.97 Å². The number of hydrogen-bond donors (Lipinski definition) is 1. The lowest BCUT2D eigenvalue weighted by molar-refractivity contribution is 0.0696. The second kappa shape index (κ2) is 5.54. The van der Waals surface area contributed by atoms with Gasteiger partial charge in [0.2, 0.25) is 5.88 Å². The van der Waals surface area contributed by atoms with Gasteiger partial charge in [-0.25, -0.2) is 14.2 Å². The molecule has 2 aromatic rings. The molecule has 0 aliphatic heterocycles. The summed E-state index contributed by atoms with van der Waals surface area (Å²) in [6.45, 7) is 0. The molecule has 19 heavy (non-hydrogen) atoms. The van der Waals surface area contributed by atoms with E-state index in [4.69, 9.17) is 21.4 Å². The molecule has 98 valence electrons. The number of carboxylic acids is 1. The summed E-state index contributed by atoms with van der Waals surface area (Å²) in [7, 11) is 0. The first kappa shape index (κ1) is 13.8. The fraction of sp³-hybridized carbons (Fsp3) is 0. The molecule has 0 aliphatic rings. The smallest absolute Gasteiger partial charge is 0.335 e. The van der Waals surface area contributed by atoms with Crippen LogP contribution in [0.1, 0.15) is 10.4 Å². The van der Waals surface area contributed by atoms with Crippen LogP contribution in [0.2, 0.25) is 5.15 Å². The molecule has 0 radical (unpaired) electrons. The highest BCUT2D eigenvalue weighted by Gasteiger charge is 2.11. The molecule has 0 amide bonds. The average Bonchev–Trinajstić information content (AvgIpc) is 2.33. The number of hydrogen-bond acceptors (Lipinski definition) is 3. The van der Waals surface area contributed by atoms with E-state index in [1.807, 2.05) is 0 Å². The minimum Gasteiger partial charge on any atom is -0.478 e. The standard InChI is InChI=1S/C12H6BrClFNO3/c13-7-1-2-8(15)9(5-7)19-11-4-6(12(17)18)3-10(14)16-11/h1-5H,(H,17,18). The van der Waals surface area contributed by atoms with Crippen molar-refractivity contribution in [2.45, 2.75) is 0 Å². The molecular formula is C12H6BrClFNO3. The van der Waals surface area contributed by atoms with Crippen LogP contribution < -0.4 is 4.74 Å². The molecule has 0 spiro atoms. The van der Waals surface area contributed by atoms with Crippen LogP contribution in [0.25, 0.3) is 0 Å². The molecule has 0 fully saturated rings. The summed E-state index contributed by atoms with van der Waals surface area (Å²) in [5.41, 5.74) is -0.0922. The van der Waals surface area contributed by atoms with Gasteiger partial charge < -0.3 is 9.84 Å². The topological polar surface area (TPSA) is 59.4 Å². The summed E-state index contributed by atoms with van der Waals surface area (Å²) in [5, 5.41) is 8.82. The predicted octanol–water partition coefficient (Wildman–Crippen LogP) is 4.13. The van der Waals surface area contributed by atoms with Gasteiger partial charge in [0.1, 0.15) is 5.15 Å². The van der Waals surface area contributed by atoms with Crippen LogP contribution in [0.4, 0.5) is 4.39 Å². The first-order chi connectivity index (χ1) is 8.95. The number of benzene rings is 1. The lowest BCUT2D eigenvalue weighted by atomic mass is 10.3. The number of aromatic carboxylic acids is 1. The average molecular weight is 347 g/mol. The summed E-state index contributed by atoms with van der Waals surface area (Å²) < 4.78 is 19.3. The van der Waals surface area contributed by atoms with E-state index >= 15 is 0 Å². The van der Waals surface area contributed by atoms with Crippen LogP contribution in [0.3, 0.4) is 0 Å². The van der Waals surface area contributed by atoms with E-state index in [0.717, 1.165) is 6.07 Å². The number of rotatable bonds is 3. The maximum atomic E-state index is 13.5. The number of carboxylic acid groups (broad SMARTS) is 1. The molecule has 1 N–H and O–H groups in total. The van der Waals surface area contributed by atoms with Gasteiger partial charge in [0.15, 0.2) is 11.6 Å². The Morgan fingerprint density at radius 2 is 2.11 bits per heavy atom. The van der Waals surface area contributed by atoms with Gasteiger partial charge in [0.05, 0.1) is 5.56 Å². The minimum absolute atomic E-state index is 0.0506. The fourth-order valence-electron chi connectivity index (χ4n) is 1.32. The van der Waals surface area contributed by atoms with Crippen LogP contribution in [0.15, 0.2) is 34.8 Å². The lowest BCUT2D eigenvalue weighted by Crippen LogP contribution is -1.99. The van der Waals surface area contributed by atoms with E-state index < -0.39 is 11.8 Å². The maximum Gasteiger partial charge on any atom is 0.335 e. The van der Waals surface area contributed by atoms with Crippen LogP contribution >= 0.6 is 27.5 Å². The van der Waals surface area contributed by atoms with E-state index in [2.05, 4.69) is 20.9 Å². The van der Waals surface area contributed by atoms with Crippen molar-refractivity contribution >= 4 is 33.5 Å². The van der Waals surface area contributed by atoms with Crippen molar-refractivity contribution in [2.24, 2.45) is 0 Å². The van der Waals surface area contributed by atoms with Crippen molar-refractivity contribution in [3.8, 4) is 11.6 Å². The Labute approximate surface area is 120 Å². The predicted molar refractivity (Wildman–Crippen MR) is 70.4 cm³/mol. The largest absolute Gasteiger partial charge is 0.478 e. The van der Waals surface area contributed by atoms with Crippen molar-refractivity contribution in [1.29, 1.82) is 0 Å². The number of ether oxygens (including phenoxy) is 1. The highest BCUT2D eigenvalue weighted by atomic mass is 79.9. The molecule has 0 atom stereocenters. The molecule has 1 aromatic carbocycles. The third-order valence-electron chi connectivity index (χ3n) is 2.13. The zero-order chi connectivity index (χ0) is 14.0. The Balaban J connectivity index is 2.38. The maximum absolute atomic E-state index is 13.5. The summed E-state index contributed by atoms with van der Waals surface area (Å²) in [5.74, 6) is -1.95. The van der Waals surface area contributed by atoms with Crippen LogP contribution in [0.5, 0.6) is 11.6 Å². The van der Waals surface area contributed by atoms with Crippen molar-refractivity contribution in [3.63, 3.8) is 0 Å². The second-order valence-corrected chi connectivity index (χ2v) is 4.80. The van der Waals surface area contributed by atoms with Crippen molar-refractivity contribution in [1.82, 2.24) is 4.98 Å². The third kappa shape index (κ3) is 3.42. The summed E-state index contributed by atoms with van der Waals surface area (Å²) in [4.78, 5) is 14.6. The van der Waals surface area contributed by atoms with E-state index in [1.54, 1.807) is 0 Å². The van der Waals surface area contributed by atoms with Gasteiger partial charge in [-0.15, -0.1) is 0 Å². The first-order valence-electron chi connectivity index (χ1n) is 4.99. The van der Waals surface area contributed by atoms with E-state index in [9.17, 15) is 9.18 Å². The monoisotopic (exact) mass is 345 g/mol. The molecule has 1 aromatic heterocycles. The molecule has 4 nitrogen and oxygen atoms in total. The summed E-state index contributed by atoms with van der Waals surface area (Å²) in [6, 6.07) is 6.46. The molecule has 7 heteroatoms. The number of halogens is 3. The molecule has 2 rings (SSSR count). The third-order valence-corrected chi connectivity index (χ3v) is 2.81. The molecule has 1 heterocycles. The first-order valence-corrected chi connectivity index (χ1v) is 6.16. The number of carbonyl (C=O) groups is 1.